The molecular formula is C28H22Cl2FN9O. The first-order chi connectivity index (χ1) is 19.7. The Morgan fingerprint density at radius 3 is 2.66 bits per heavy atom. The lowest BCUT2D eigenvalue weighted by Gasteiger charge is -2.17. The molecule has 0 unspecified atom stereocenters. The molecule has 5 heterocycles. The van der Waals surface area contributed by atoms with E-state index in [2.05, 4.69) is 30.5 Å². The number of aromatic amines is 2. The predicted molar refractivity (Wildman–Crippen MR) is 155 cm³/mol. The van der Waals surface area contributed by atoms with E-state index < -0.39 is 12.0 Å². The fourth-order valence-corrected chi connectivity index (χ4v) is 6.04. The molecule has 0 radical (unpaired) electrons. The van der Waals surface area contributed by atoms with E-state index in [0.717, 1.165) is 11.1 Å². The number of benzene rings is 2. The van der Waals surface area contributed by atoms with E-state index in [4.69, 9.17) is 28.9 Å². The number of nitrogen functional groups attached to an aromatic ring is 1. The average Bonchev–Trinajstić information content (AvgIpc) is 3.71. The molecule has 206 valence electrons. The van der Waals surface area contributed by atoms with Crippen LogP contribution >= 0.6 is 23.2 Å². The third-order valence-electron chi connectivity index (χ3n) is 7.94. The van der Waals surface area contributed by atoms with Crippen molar-refractivity contribution in [3.63, 3.8) is 0 Å². The molecule has 4 aromatic heterocycles. The van der Waals surface area contributed by atoms with Crippen LogP contribution in [0.1, 0.15) is 37.3 Å². The number of halogens is 3. The number of imidazole rings is 1. The maximum Gasteiger partial charge on any atom is 0.252 e. The van der Waals surface area contributed by atoms with Gasteiger partial charge in [-0.2, -0.15) is 9.49 Å². The Bertz CT molecular complexity index is 2040. The highest BCUT2D eigenvalue weighted by Crippen LogP contribution is 2.44. The molecule has 10 nitrogen and oxygen atoms in total. The number of nitrogens with zero attached hydrogens (tertiary/aromatic N) is 6. The third-order valence-corrected chi connectivity index (χ3v) is 8.34. The van der Waals surface area contributed by atoms with Gasteiger partial charge in [0.05, 0.1) is 23.4 Å². The number of hydrogen-bond acceptors (Lipinski definition) is 6. The van der Waals surface area contributed by atoms with Gasteiger partial charge in [0.2, 0.25) is 5.95 Å². The maximum absolute atomic E-state index is 15.3. The van der Waals surface area contributed by atoms with Crippen molar-refractivity contribution in [3.8, 4) is 28.1 Å². The number of H-pyrrole nitrogens is 2. The standard InChI is InChI=1S/C28H22Cl2FN9O/c1-12-13(2)25(28-33-24(26(31)34-28)14-3-5-17-19(7-14)35-37-27(17)32)40-21(12)8-15(9-23(40)41)18-10-16(29)4-6-20(18)39-11-22(30)36-38-39/h3-13,25H,1-2H3,(H,33,34)(H3,32,35,37)/t12-,13+,25+/m1/s1. The zero-order valence-corrected chi connectivity index (χ0v) is 23.2. The van der Waals surface area contributed by atoms with Crippen molar-refractivity contribution in [3.05, 3.63) is 92.7 Å². The molecule has 13 heteroatoms. The summed E-state index contributed by atoms with van der Waals surface area (Å²) < 4.78 is 18.5. The largest absolute Gasteiger partial charge is 0.382 e. The maximum atomic E-state index is 15.3. The van der Waals surface area contributed by atoms with Gasteiger partial charge in [0.1, 0.15) is 11.5 Å². The van der Waals surface area contributed by atoms with Gasteiger partial charge < -0.3 is 15.3 Å². The summed E-state index contributed by atoms with van der Waals surface area (Å²) in [5, 5.41) is 16.3. The van der Waals surface area contributed by atoms with Crippen LogP contribution in [0.4, 0.5) is 10.2 Å². The lowest BCUT2D eigenvalue weighted by atomic mass is 9.90. The second-order valence-corrected chi connectivity index (χ2v) is 11.1. The summed E-state index contributed by atoms with van der Waals surface area (Å²) in [6.07, 6.45) is 1.58. The lowest BCUT2D eigenvalue weighted by molar-refractivity contribution is 0.412. The first-order valence-electron chi connectivity index (χ1n) is 12.8. The Morgan fingerprint density at radius 1 is 1.05 bits per heavy atom. The van der Waals surface area contributed by atoms with Gasteiger partial charge in [0, 0.05) is 39.2 Å². The van der Waals surface area contributed by atoms with Crippen LogP contribution in [0.25, 0.3) is 39.0 Å². The molecule has 3 atom stereocenters. The van der Waals surface area contributed by atoms with E-state index in [1.54, 1.807) is 53.2 Å². The molecule has 0 spiro atoms. The Balaban J connectivity index is 1.33. The van der Waals surface area contributed by atoms with Gasteiger partial charge in [-0.1, -0.05) is 48.3 Å². The summed E-state index contributed by atoms with van der Waals surface area (Å²) in [6, 6.07) is 13.6. The molecule has 2 aromatic carbocycles. The fraction of sp³-hybridized carbons (Fsp3) is 0.179. The molecule has 1 aliphatic heterocycles. The number of pyridine rings is 1. The first kappa shape index (κ1) is 25.5. The molecular weight excluding hydrogens is 568 g/mol. The quantitative estimate of drug-likeness (QED) is 0.240. The fourth-order valence-electron chi connectivity index (χ4n) is 5.74. The number of nitrogens with two attached hydrogens (primary N) is 1. The smallest absolute Gasteiger partial charge is 0.252 e. The highest BCUT2D eigenvalue weighted by Gasteiger charge is 2.39. The summed E-state index contributed by atoms with van der Waals surface area (Å²) in [5.74, 6) is 0.0697. The first-order valence-corrected chi connectivity index (χ1v) is 13.6. The van der Waals surface area contributed by atoms with E-state index in [0.29, 0.717) is 44.6 Å². The van der Waals surface area contributed by atoms with Crippen LogP contribution in [-0.2, 0) is 0 Å². The van der Waals surface area contributed by atoms with E-state index in [1.807, 2.05) is 19.9 Å². The van der Waals surface area contributed by atoms with Gasteiger partial charge in [-0.3, -0.25) is 9.89 Å². The van der Waals surface area contributed by atoms with E-state index in [1.165, 1.54) is 4.68 Å². The molecule has 0 fully saturated rings. The van der Waals surface area contributed by atoms with Crippen LogP contribution in [0.3, 0.4) is 0 Å². The van der Waals surface area contributed by atoms with E-state index in [-0.39, 0.29) is 28.2 Å². The molecule has 7 rings (SSSR count). The molecule has 0 saturated heterocycles. The third kappa shape index (κ3) is 4.03. The zero-order chi connectivity index (χ0) is 28.6. The number of rotatable bonds is 4. The van der Waals surface area contributed by atoms with E-state index >= 15 is 4.39 Å². The summed E-state index contributed by atoms with van der Waals surface area (Å²) in [6.45, 7) is 4.08. The number of hydrogen-bond donors (Lipinski definition) is 3. The Labute approximate surface area is 241 Å². The van der Waals surface area contributed by atoms with E-state index in [9.17, 15) is 4.79 Å². The van der Waals surface area contributed by atoms with Crippen LogP contribution < -0.4 is 11.3 Å². The van der Waals surface area contributed by atoms with Crippen LogP contribution in [0.2, 0.25) is 10.2 Å². The SMILES string of the molecule is C[C@@H]1[C@@H](c2nc(-c3ccc4c(N)n[nH]c4c3)c(F)[nH]2)n2c(cc(-c3cc(Cl)ccc3-n3cc(Cl)nn3)cc2=O)[C@@H]1C. The molecule has 0 bridgehead atoms. The van der Waals surface area contributed by atoms with Crippen molar-refractivity contribution in [2.75, 3.05) is 5.73 Å². The second-order valence-electron chi connectivity index (χ2n) is 10.3. The van der Waals surface area contributed by atoms with Crippen LogP contribution in [-0.4, -0.2) is 39.7 Å². The van der Waals surface area contributed by atoms with Crippen molar-refractivity contribution >= 4 is 39.9 Å². The summed E-state index contributed by atoms with van der Waals surface area (Å²) in [4.78, 5) is 21.2. The normalized spacial score (nSPS) is 18.3. The van der Waals surface area contributed by atoms with Gasteiger partial charge in [-0.15, -0.1) is 5.10 Å². The number of nitrogens with one attached hydrogen (secondary N) is 2. The highest BCUT2D eigenvalue weighted by molar-refractivity contribution is 6.31. The van der Waals surface area contributed by atoms with Crippen molar-refractivity contribution in [2.45, 2.75) is 25.8 Å². The molecule has 0 aliphatic carbocycles. The second kappa shape index (κ2) is 9.28. The van der Waals surface area contributed by atoms with Gasteiger partial charge >= 0.3 is 0 Å². The molecule has 1 aliphatic rings. The highest BCUT2D eigenvalue weighted by atomic mass is 35.5. The topological polar surface area (TPSA) is 136 Å². The molecule has 6 aromatic rings. The van der Waals surface area contributed by atoms with Crippen LogP contribution in [0.15, 0.2) is 59.5 Å². The molecule has 41 heavy (non-hydrogen) atoms. The minimum atomic E-state index is -0.583. The Hall–Kier alpha value is -4.48. The summed E-state index contributed by atoms with van der Waals surface area (Å²) in [5.41, 5.74) is 9.87. The Kier molecular flexibility index (Phi) is 5.77. The van der Waals surface area contributed by atoms with Gasteiger partial charge in [-0.25, -0.2) is 9.67 Å². The predicted octanol–water partition coefficient (Wildman–Crippen LogP) is 5.73. The number of fused-ring (bicyclic) bond motifs is 2. The number of anilines is 1. The minimum absolute atomic E-state index is 0.0305. The molecule has 0 amide bonds. The van der Waals surface area contributed by atoms with Crippen molar-refractivity contribution in [2.24, 2.45) is 5.92 Å². The van der Waals surface area contributed by atoms with Crippen LogP contribution in [0.5, 0.6) is 0 Å². The zero-order valence-electron chi connectivity index (χ0n) is 21.7. The van der Waals surface area contributed by atoms with Crippen LogP contribution in [0, 0.1) is 11.9 Å². The van der Waals surface area contributed by atoms with Crippen molar-refractivity contribution in [1.82, 2.24) is 39.7 Å². The van der Waals surface area contributed by atoms with Gasteiger partial charge in [-0.05, 0) is 47.9 Å². The summed E-state index contributed by atoms with van der Waals surface area (Å²) in [7, 11) is 0. The average molecular weight is 590 g/mol. The Morgan fingerprint density at radius 2 is 1.88 bits per heavy atom. The number of aromatic nitrogens is 8. The van der Waals surface area contributed by atoms with Crippen molar-refractivity contribution in [1.29, 1.82) is 0 Å². The minimum Gasteiger partial charge on any atom is -0.382 e. The van der Waals surface area contributed by atoms with Gasteiger partial charge in [0.15, 0.2) is 11.0 Å². The van der Waals surface area contributed by atoms with Crippen molar-refractivity contribution < 1.29 is 4.39 Å². The monoisotopic (exact) mass is 589 g/mol. The van der Waals surface area contributed by atoms with Gasteiger partial charge in [0.25, 0.3) is 5.56 Å². The molecule has 0 saturated carbocycles. The molecule has 4 N–H and O–H groups in total. The lowest BCUT2D eigenvalue weighted by Crippen LogP contribution is -2.26. The summed E-state index contributed by atoms with van der Waals surface area (Å²) >= 11 is 12.4.